The van der Waals surface area contributed by atoms with Crippen LogP contribution in [-0.2, 0) is 4.79 Å². The van der Waals surface area contributed by atoms with Gasteiger partial charge in [-0.15, -0.1) is 23.2 Å². The number of rotatable bonds is 5. The van der Waals surface area contributed by atoms with Crippen molar-refractivity contribution in [2.45, 2.75) is 29.1 Å². The molecule has 8 heteroatoms. The minimum absolute atomic E-state index is 0.152. The van der Waals surface area contributed by atoms with E-state index in [4.69, 9.17) is 46.4 Å². The lowest BCUT2D eigenvalue weighted by atomic mass is 10.1. The van der Waals surface area contributed by atoms with E-state index in [1.54, 1.807) is 42.5 Å². The van der Waals surface area contributed by atoms with E-state index < -0.39 is 16.2 Å². The number of hydrogen-bond acceptors (Lipinski definition) is 2. The highest BCUT2D eigenvalue weighted by atomic mass is 35.5. The van der Waals surface area contributed by atoms with Gasteiger partial charge >= 0.3 is 0 Å². The summed E-state index contributed by atoms with van der Waals surface area (Å²) < 4.78 is -1.25. The lowest BCUT2D eigenvalue weighted by Gasteiger charge is -2.08. The highest BCUT2D eigenvalue weighted by molar-refractivity contribution is 6.53. The zero-order valence-corrected chi connectivity index (χ0v) is 17.5. The Kier molecular flexibility index (Phi) is 5.25. The molecular weight excluding hydrogens is 442 g/mol. The topological polar surface area (TPSA) is 58.2 Å². The second-order valence-corrected chi connectivity index (χ2v) is 9.47. The Morgan fingerprint density at radius 1 is 1.00 bits per heavy atom. The minimum atomic E-state index is -1.25. The molecule has 146 valence electrons. The van der Waals surface area contributed by atoms with E-state index in [1.807, 2.05) is 0 Å². The monoisotopic (exact) mass is 456 g/mol. The van der Waals surface area contributed by atoms with Gasteiger partial charge in [-0.05, 0) is 54.8 Å². The Bertz CT molecular complexity index is 939. The van der Waals surface area contributed by atoms with Crippen LogP contribution in [0.4, 0.5) is 5.69 Å². The molecule has 0 radical (unpaired) electrons. The molecule has 2 aliphatic rings. The molecule has 2 amide bonds. The third-order valence-electron chi connectivity index (χ3n) is 4.88. The van der Waals surface area contributed by atoms with Crippen molar-refractivity contribution in [3.8, 4) is 0 Å². The first-order chi connectivity index (χ1) is 13.3. The number of benzene rings is 2. The molecular formula is C20H16Cl4N2O2. The maximum Gasteiger partial charge on any atom is 0.251 e. The van der Waals surface area contributed by atoms with Crippen molar-refractivity contribution in [1.82, 2.24) is 5.32 Å². The summed E-state index contributed by atoms with van der Waals surface area (Å²) in [5, 5.41) is 6.62. The summed E-state index contributed by atoms with van der Waals surface area (Å²) in [5.74, 6) is -1.56. The van der Waals surface area contributed by atoms with E-state index in [0.717, 1.165) is 12.8 Å². The number of carbonyl (C=O) groups is 2. The quantitative estimate of drug-likeness (QED) is 0.589. The molecule has 0 heterocycles. The van der Waals surface area contributed by atoms with Crippen LogP contribution in [-0.4, -0.2) is 22.2 Å². The van der Waals surface area contributed by atoms with Gasteiger partial charge in [0.1, 0.15) is 4.33 Å². The zero-order valence-electron chi connectivity index (χ0n) is 14.5. The van der Waals surface area contributed by atoms with E-state index in [1.165, 1.54) is 0 Å². The standard InChI is InChI=1S/C20H16Cl4N2O2/c21-12-6-11(7-13(22)9-12)16-17(20(16,23)24)19(28)26-15-3-1-2-10(8-15)18(27)25-14-4-5-14/h1-3,6-9,14,16-17H,4-5H2,(H,25,27)(H,26,28)/t16-,17+/m0/s1. The van der Waals surface area contributed by atoms with Crippen LogP contribution in [0.15, 0.2) is 42.5 Å². The molecule has 2 aromatic carbocycles. The highest BCUT2D eigenvalue weighted by Crippen LogP contribution is 2.65. The maximum atomic E-state index is 12.8. The van der Waals surface area contributed by atoms with Crippen LogP contribution >= 0.6 is 46.4 Å². The average molecular weight is 458 g/mol. The lowest BCUT2D eigenvalue weighted by Crippen LogP contribution is -2.25. The van der Waals surface area contributed by atoms with Crippen LogP contribution in [0.5, 0.6) is 0 Å². The maximum absolute atomic E-state index is 12.8. The van der Waals surface area contributed by atoms with Gasteiger partial charge in [0.25, 0.3) is 5.91 Å². The number of amides is 2. The molecule has 2 aliphatic carbocycles. The molecule has 0 bridgehead atoms. The van der Waals surface area contributed by atoms with E-state index in [0.29, 0.717) is 26.9 Å². The Hall–Kier alpha value is -1.46. The largest absolute Gasteiger partial charge is 0.349 e. The van der Waals surface area contributed by atoms with E-state index in [-0.39, 0.29) is 17.9 Å². The molecule has 2 fully saturated rings. The first-order valence-electron chi connectivity index (χ1n) is 8.81. The van der Waals surface area contributed by atoms with Crippen molar-refractivity contribution in [3.63, 3.8) is 0 Å². The zero-order chi connectivity index (χ0) is 20.1. The van der Waals surface area contributed by atoms with Crippen LogP contribution in [0.1, 0.15) is 34.7 Å². The molecule has 2 saturated carbocycles. The van der Waals surface area contributed by atoms with E-state index in [9.17, 15) is 9.59 Å². The fourth-order valence-electron chi connectivity index (χ4n) is 3.28. The number of halogens is 4. The van der Waals surface area contributed by atoms with E-state index >= 15 is 0 Å². The SMILES string of the molecule is O=C(NC1CC1)c1cccc(NC(=O)[C@H]2[C@H](c3cc(Cl)cc(Cl)c3)C2(Cl)Cl)c1. The molecule has 0 unspecified atom stereocenters. The molecule has 2 N–H and O–H groups in total. The van der Waals surface area contributed by atoms with Crippen molar-refractivity contribution in [2.24, 2.45) is 5.92 Å². The summed E-state index contributed by atoms with van der Waals surface area (Å²) in [5.41, 5.74) is 1.70. The van der Waals surface area contributed by atoms with Crippen molar-refractivity contribution in [2.75, 3.05) is 5.32 Å². The smallest absolute Gasteiger partial charge is 0.251 e. The molecule has 4 rings (SSSR count). The Morgan fingerprint density at radius 2 is 1.68 bits per heavy atom. The number of carbonyl (C=O) groups excluding carboxylic acids is 2. The van der Waals surface area contributed by atoms with Crippen molar-refractivity contribution >= 4 is 63.9 Å². The molecule has 0 saturated heterocycles. The van der Waals surface area contributed by atoms with Gasteiger partial charge < -0.3 is 10.6 Å². The van der Waals surface area contributed by atoms with Crippen LogP contribution in [0, 0.1) is 5.92 Å². The molecule has 28 heavy (non-hydrogen) atoms. The van der Waals surface area contributed by atoms with Crippen molar-refractivity contribution in [3.05, 3.63) is 63.6 Å². The molecule has 4 nitrogen and oxygen atoms in total. The fourth-order valence-corrected chi connectivity index (χ4v) is 4.65. The number of nitrogens with one attached hydrogen (secondary N) is 2. The van der Waals surface area contributed by atoms with Gasteiger partial charge in [0.15, 0.2) is 0 Å². The van der Waals surface area contributed by atoms with Crippen molar-refractivity contribution in [1.29, 1.82) is 0 Å². The molecule has 0 aromatic heterocycles. The Labute approximate surface area is 182 Å². The molecule has 2 atom stereocenters. The minimum Gasteiger partial charge on any atom is -0.349 e. The number of hydrogen-bond donors (Lipinski definition) is 2. The first-order valence-corrected chi connectivity index (χ1v) is 10.3. The van der Waals surface area contributed by atoms with Crippen LogP contribution < -0.4 is 10.6 Å². The second-order valence-electron chi connectivity index (χ2n) is 7.15. The summed E-state index contributed by atoms with van der Waals surface area (Å²) in [6.07, 6.45) is 2.01. The molecule has 0 aliphatic heterocycles. The van der Waals surface area contributed by atoms with Crippen LogP contribution in [0.3, 0.4) is 0 Å². The fraction of sp³-hybridized carbons (Fsp3) is 0.300. The van der Waals surface area contributed by atoms with Crippen molar-refractivity contribution < 1.29 is 9.59 Å². The number of alkyl halides is 2. The Balaban J connectivity index is 1.48. The lowest BCUT2D eigenvalue weighted by molar-refractivity contribution is -0.117. The predicted molar refractivity (Wildman–Crippen MR) is 113 cm³/mol. The predicted octanol–water partition coefficient (Wildman–Crippen LogP) is 5.41. The third kappa shape index (κ3) is 4.11. The summed E-state index contributed by atoms with van der Waals surface area (Å²) >= 11 is 24.8. The first kappa shape index (κ1) is 19.8. The van der Waals surface area contributed by atoms with Gasteiger partial charge in [-0.3, -0.25) is 9.59 Å². The van der Waals surface area contributed by atoms with Gasteiger partial charge in [0.2, 0.25) is 5.91 Å². The summed E-state index contributed by atoms with van der Waals surface area (Å²) in [4.78, 5) is 25.0. The summed E-state index contributed by atoms with van der Waals surface area (Å²) in [7, 11) is 0. The van der Waals surface area contributed by atoms with Gasteiger partial charge in [-0.2, -0.15) is 0 Å². The van der Waals surface area contributed by atoms with Gasteiger partial charge in [0, 0.05) is 33.3 Å². The number of anilines is 1. The van der Waals surface area contributed by atoms with Gasteiger partial charge in [-0.1, -0.05) is 29.3 Å². The molecule has 2 aromatic rings. The third-order valence-corrected chi connectivity index (χ3v) is 6.26. The molecule has 0 spiro atoms. The van der Waals surface area contributed by atoms with Gasteiger partial charge in [0.05, 0.1) is 5.92 Å². The van der Waals surface area contributed by atoms with E-state index in [2.05, 4.69) is 10.6 Å². The normalized spacial score (nSPS) is 22.4. The summed E-state index contributed by atoms with van der Waals surface area (Å²) in [6.45, 7) is 0. The van der Waals surface area contributed by atoms with Crippen LogP contribution in [0.25, 0.3) is 0 Å². The average Bonchev–Trinajstić information content (AvgIpc) is 3.51. The summed E-state index contributed by atoms with van der Waals surface area (Å²) in [6, 6.07) is 12.0. The highest BCUT2D eigenvalue weighted by Gasteiger charge is 2.67. The van der Waals surface area contributed by atoms with Crippen LogP contribution in [0.2, 0.25) is 10.0 Å². The second kappa shape index (κ2) is 7.42. The Morgan fingerprint density at radius 3 is 2.32 bits per heavy atom. The van der Waals surface area contributed by atoms with Gasteiger partial charge in [-0.25, -0.2) is 0 Å².